The molecule has 5 aromatic rings. The lowest BCUT2D eigenvalue weighted by molar-refractivity contribution is -0.204. The first-order valence-corrected chi connectivity index (χ1v) is 26.5. The minimum atomic E-state index is -2.96. The van der Waals surface area contributed by atoms with Gasteiger partial charge in [0.15, 0.2) is 6.29 Å². The van der Waals surface area contributed by atoms with Gasteiger partial charge in [0, 0.05) is 11.8 Å². The third-order valence-corrected chi connectivity index (χ3v) is 23.7. The molecule has 5 aromatic carbocycles. The molecule has 0 radical (unpaired) electrons. The van der Waals surface area contributed by atoms with Gasteiger partial charge in [-0.1, -0.05) is 189 Å². The zero-order valence-electron chi connectivity index (χ0n) is 38.8. The van der Waals surface area contributed by atoms with E-state index in [1.165, 1.54) is 10.4 Å². The van der Waals surface area contributed by atoms with Crippen molar-refractivity contribution >= 4 is 37.4 Å². The van der Waals surface area contributed by atoms with Gasteiger partial charge in [0.2, 0.25) is 0 Å². The Morgan fingerprint density at radius 1 is 0.562 bits per heavy atom. The van der Waals surface area contributed by atoms with Crippen LogP contribution in [0.5, 0.6) is 5.75 Å². The van der Waals surface area contributed by atoms with Crippen molar-refractivity contribution in [3.05, 3.63) is 151 Å². The third kappa shape index (κ3) is 9.22. The number of methoxy groups -OCH3 is 1. The predicted molar refractivity (Wildman–Crippen MR) is 258 cm³/mol. The molecule has 3 aliphatic rings. The van der Waals surface area contributed by atoms with E-state index in [0.29, 0.717) is 6.61 Å². The topological polar surface area (TPSA) is 116 Å². The van der Waals surface area contributed by atoms with Gasteiger partial charge in [-0.3, -0.25) is 0 Å². The Morgan fingerprint density at radius 3 is 1.36 bits per heavy atom. The van der Waals surface area contributed by atoms with E-state index in [-0.39, 0.29) is 34.6 Å². The van der Waals surface area contributed by atoms with E-state index >= 15 is 0 Å². The van der Waals surface area contributed by atoms with E-state index in [0.717, 1.165) is 21.7 Å². The highest BCUT2D eigenvalue weighted by Crippen LogP contribution is 2.45. The molecule has 64 heavy (non-hydrogen) atoms. The van der Waals surface area contributed by atoms with Crippen LogP contribution in [-0.2, 0) is 23.1 Å². The zero-order valence-corrected chi connectivity index (χ0v) is 40.8. The highest BCUT2D eigenvalue weighted by atomic mass is 28.4. The normalized spacial score (nSPS) is 27.3. The molecule has 3 aliphatic heterocycles. The maximum absolute atomic E-state index is 11.7. The molecule has 3 fully saturated rings. The second-order valence-corrected chi connectivity index (χ2v) is 28.1. The van der Waals surface area contributed by atoms with Gasteiger partial charge in [-0.05, 0) is 48.5 Å². The summed E-state index contributed by atoms with van der Waals surface area (Å²) >= 11 is 0. The van der Waals surface area contributed by atoms with E-state index in [2.05, 4.69) is 114 Å². The summed E-state index contributed by atoms with van der Waals surface area (Å²) in [6.07, 6.45) is -4.22. The Balaban J connectivity index is 0.000000197. The van der Waals surface area contributed by atoms with Crippen LogP contribution >= 0.6 is 0 Å². The second-order valence-electron chi connectivity index (χ2n) is 19.6. The van der Waals surface area contributed by atoms with Crippen LogP contribution in [0.25, 0.3) is 0 Å². The fourth-order valence-corrected chi connectivity index (χ4v) is 19.3. The standard InChI is InChI=1S/C30H38O5Si.C23H30O4Si/c1-21-26(20-31)34-28(22-16-18-23(33-5)19-17-22)29(27(21)32)35-36(30(2,3)4,24-12-8-6-9-13-24)25-14-10-7-11-15-25;1-16-19-15-25-22(26-19)21(20(16)24)27-28(23(2,3)4,17-11-7-5-8-12-17)18-13-9-6-10-14-18/h6-19,21,26-29,31-32H,20H2,1-5H3;5-14,16,19-22,24H,15H2,1-4H3/t21?,26-,27+,28+,29?;16?,19-,20+,21?,22-/m11/s1. The van der Waals surface area contributed by atoms with Crippen molar-refractivity contribution in [2.45, 2.75) is 114 Å². The van der Waals surface area contributed by atoms with Crippen molar-refractivity contribution in [3.8, 4) is 5.75 Å². The maximum atomic E-state index is 11.7. The number of rotatable bonds is 11. The van der Waals surface area contributed by atoms with Crippen LogP contribution in [0, 0.1) is 11.8 Å². The summed E-state index contributed by atoms with van der Waals surface area (Å²) in [5, 5.41) is 37.0. The number of aliphatic hydroxyl groups excluding tert-OH is 3. The molecule has 0 spiro atoms. The van der Waals surface area contributed by atoms with Gasteiger partial charge in [0.25, 0.3) is 16.6 Å². The average Bonchev–Trinajstić information content (AvgIpc) is 3.76. The fourth-order valence-electron chi connectivity index (χ4n) is 9.98. The van der Waals surface area contributed by atoms with Gasteiger partial charge in [-0.15, -0.1) is 0 Å². The van der Waals surface area contributed by atoms with Crippen molar-refractivity contribution in [2.24, 2.45) is 11.8 Å². The SMILES string of the molecule is CC1[C@H](O)C(O[Si](c2ccccc2)(c2ccccc2)C(C)(C)C)[C@@H]2OC[C@H]1O2.COc1ccc([C@@H]2O[C@H](CO)C(C)[C@H](O)C2O[Si](c2ccccc2)(c2ccccc2)C(C)(C)C)cc1. The summed E-state index contributed by atoms with van der Waals surface area (Å²) in [5.74, 6) is 0.418. The molecule has 0 saturated carbocycles. The molecule has 8 rings (SSSR count). The molecule has 0 aliphatic carbocycles. The Labute approximate surface area is 382 Å². The van der Waals surface area contributed by atoms with Crippen molar-refractivity contribution < 1.29 is 43.1 Å². The van der Waals surface area contributed by atoms with Crippen LogP contribution in [0.2, 0.25) is 10.1 Å². The lowest BCUT2D eigenvalue weighted by Crippen LogP contribution is -2.70. The van der Waals surface area contributed by atoms with Crippen LogP contribution in [0.3, 0.4) is 0 Å². The lowest BCUT2D eigenvalue weighted by atomic mass is 9.86. The zero-order chi connectivity index (χ0) is 45.9. The number of aliphatic hydroxyl groups is 3. The summed E-state index contributed by atoms with van der Waals surface area (Å²) < 4.78 is 38.2. The van der Waals surface area contributed by atoms with E-state index in [1.807, 2.05) is 86.6 Å². The molecule has 10 atom stereocenters. The Morgan fingerprint density at radius 2 is 0.969 bits per heavy atom. The predicted octanol–water partition coefficient (Wildman–Crippen LogP) is 6.75. The van der Waals surface area contributed by atoms with E-state index in [1.54, 1.807) is 7.11 Å². The fraction of sp³-hybridized carbons (Fsp3) is 0.434. The molecule has 2 bridgehead atoms. The minimum Gasteiger partial charge on any atom is -0.497 e. The van der Waals surface area contributed by atoms with E-state index < -0.39 is 59.5 Å². The van der Waals surface area contributed by atoms with E-state index in [4.69, 9.17) is 27.8 Å². The number of hydrogen-bond donors (Lipinski definition) is 3. The highest BCUT2D eigenvalue weighted by Gasteiger charge is 2.58. The molecule has 3 heterocycles. The Hall–Kier alpha value is -3.99. The maximum Gasteiger partial charge on any atom is 0.261 e. The van der Waals surface area contributed by atoms with Crippen LogP contribution in [0.15, 0.2) is 146 Å². The van der Waals surface area contributed by atoms with Gasteiger partial charge in [-0.25, -0.2) is 0 Å². The monoisotopic (exact) mass is 904 g/mol. The van der Waals surface area contributed by atoms with E-state index in [9.17, 15) is 15.3 Å². The molecule has 3 N–H and O–H groups in total. The first-order valence-electron chi connectivity index (χ1n) is 22.7. The van der Waals surface area contributed by atoms with Crippen LogP contribution in [0.1, 0.15) is 67.1 Å². The van der Waals surface area contributed by atoms with Gasteiger partial charge >= 0.3 is 0 Å². The van der Waals surface area contributed by atoms with Gasteiger partial charge in [-0.2, -0.15) is 0 Å². The summed E-state index contributed by atoms with van der Waals surface area (Å²) in [5.41, 5.74) is 0.878. The molecule has 11 heteroatoms. The van der Waals surface area contributed by atoms with Crippen molar-refractivity contribution in [2.75, 3.05) is 20.3 Å². The highest BCUT2D eigenvalue weighted by molar-refractivity contribution is 7.00. The summed E-state index contributed by atoms with van der Waals surface area (Å²) in [7, 11) is -4.09. The summed E-state index contributed by atoms with van der Waals surface area (Å²) in [4.78, 5) is 0. The second kappa shape index (κ2) is 19.9. The van der Waals surface area contributed by atoms with Crippen molar-refractivity contribution in [1.82, 2.24) is 0 Å². The minimum absolute atomic E-state index is 0.0260. The quantitative estimate of drug-likeness (QED) is 0.124. The third-order valence-electron chi connectivity index (χ3n) is 13.6. The van der Waals surface area contributed by atoms with Gasteiger partial charge in [0.05, 0.1) is 44.7 Å². The number of benzene rings is 5. The largest absolute Gasteiger partial charge is 0.497 e. The molecule has 4 unspecified atom stereocenters. The van der Waals surface area contributed by atoms with Gasteiger partial charge < -0.3 is 43.1 Å². The van der Waals surface area contributed by atoms with Crippen molar-refractivity contribution in [3.63, 3.8) is 0 Å². The first kappa shape index (κ1) is 48.0. The lowest BCUT2D eigenvalue weighted by Gasteiger charge is -2.50. The van der Waals surface area contributed by atoms with Gasteiger partial charge in [0.1, 0.15) is 24.1 Å². The first-order chi connectivity index (χ1) is 30.6. The Bertz CT molecular complexity index is 2120. The number of fused-ring (bicyclic) bond motifs is 2. The van der Waals surface area contributed by atoms with Crippen LogP contribution in [-0.4, -0.2) is 95.2 Å². The molecule has 3 saturated heterocycles. The molecule has 0 amide bonds. The smallest absolute Gasteiger partial charge is 0.261 e. The molecular formula is C53H68O9Si2. The molecule has 0 aromatic heterocycles. The van der Waals surface area contributed by atoms with Crippen molar-refractivity contribution in [1.29, 1.82) is 0 Å². The average molecular weight is 905 g/mol. The molecule has 342 valence electrons. The summed E-state index contributed by atoms with van der Waals surface area (Å²) in [6, 6.07) is 49.4. The van der Waals surface area contributed by atoms with Crippen LogP contribution in [0.4, 0.5) is 0 Å². The Kier molecular flexibility index (Phi) is 14.9. The van der Waals surface area contributed by atoms with Crippen LogP contribution < -0.4 is 25.5 Å². The number of ether oxygens (including phenoxy) is 4. The molecular weight excluding hydrogens is 837 g/mol. The summed E-state index contributed by atoms with van der Waals surface area (Å²) in [6.45, 7) is 17.6. The number of hydrogen-bond acceptors (Lipinski definition) is 9. The molecule has 9 nitrogen and oxygen atoms in total.